The number of benzene rings is 2. The van der Waals surface area contributed by atoms with Gasteiger partial charge in [-0.05, 0) is 50.3 Å². The Bertz CT molecular complexity index is 1110. The number of aromatic nitrogens is 3. The third-order valence-corrected chi connectivity index (χ3v) is 4.78. The second-order valence-corrected chi connectivity index (χ2v) is 7.23. The van der Waals surface area contributed by atoms with Crippen molar-refractivity contribution in [3.8, 4) is 11.1 Å². The average molecular weight is 366 g/mol. The lowest BCUT2D eigenvalue weighted by atomic mass is 9.98. The third-order valence-electron chi connectivity index (χ3n) is 4.55. The second-order valence-electron chi connectivity index (χ2n) is 6.79. The first-order valence-electron chi connectivity index (χ1n) is 8.42. The van der Waals surface area contributed by atoms with Crippen molar-refractivity contribution in [1.82, 2.24) is 19.5 Å². The van der Waals surface area contributed by atoms with Crippen molar-refractivity contribution in [2.45, 2.75) is 13.5 Å². The van der Waals surface area contributed by atoms with Gasteiger partial charge in [-0.3, -0.25) is 4.40 Å². The lowest BCUT2D eigenvalue weighted by Crippen LogP contribution is -2.10. The summed E-state index contributed by atoms with van der Waals surface area (Å²) in [5.41, 5.74) is 12.0. The molecule has 0 aliphatic heterocycles. The topological polar surface area (TPSA) is 59.5 Å². The Balaban J connectivity index is 2.01. The molecule has 2 heterocycles. The van der Waals surface area contributed by atoms with E-state index >= 15 is 0 Å². The average Bonchev–Trinajstić information content (AvgIpc) is 2.98. The maximum atomic E-state index is 6.52. The maximum Gasteiger partial charge on any atom is 0.185 e. The van der Waals surface area contributed by atoms with Crippen LogP contribution >= 0.6 is 11.6 Å². The monoisotopic (exact) mass is 365 g/mol. The van der Waals surface area contributed by atoms with Crippen molar-refractivity contribution in [2.24, 2.45) is 0 Å². The summed E-state index contributed by atoms with van der Waals surface area (Å²) in [4.78, 5) is 2.14. The molecular formula is C20H20ClN5. The second kappa shape index (κ2) is 6.27. The molecule has 0 unspecified atom stereocenters. The summed E-state index contributed by atoms with van der Waals surface area (Å²) < 4.78 is 1.98. The van der Waals surface area contributed by atoms with Gasteiger partial charge in [0.25, 0.3) is 0 Å². The van der Waals surface area contributed by atoms with E-state index in [0.717, 1.165) is 34.4 Å². The first-order chi connectivity index (χ1) is 12.5. The van der Waals surface area contributed by atoms with E-state index in [1.807, 2.05) is 29.5 Å². The fraction of sp³-hybridized carbons (Fsp3) is 0.200. The molecule has 4 aromatic rings. The number of nitrogens with zero attached hydrogens (tertiary/aromatic N) is 4. The van der Waals surface area contributed by atoms with Crippen LogP contribution in [-0.4, -0.2) is 33.6 Å². The number of hydrogen-bond donors (Lipinski definition) is 1. The Hall–Kier alpha value is -2.63. The number of nitrogens with two attached hydrogens (primary N) is 1. The minimum atomic E-state index is 0.612. The molecule has 132 valence electrons. The van der Waals surface area contributed by atoms with Crippen LogP contribution in [0.3, 0.4) is 0 Å². The number of aryl methyl sites for hydroxylation is 1. The predicted molar refractivity (Wildman–Crippen MR) is 107 cm³/mol. The molecule has 26 heavy (non-hydrogen) atoms. The largest absolute Gasteiger partial charge is 0.395 e. The van der Waals surface area contributed by atoms with Gasteiger partial charge in [-0.25, -0.2) is 0 Å². The van der Waals surface area contributed by atoms with Gasteiger partial charge >= 0.3 is 0 Å². The van der Waals surface area contributed by atoms with Gasteiger partial charge in [-0.1, -0.05) is 35.9 Å². The molecule has 0 radical (unpaired) electrons. The summed E-state index contributed by atoms with van der Waals surface area (Å²) in [6, 6.07) is 14.3. The number of pyridine rings is 1. The summed E-state index contributed by atoms with van der Waals surface area (Å²) in [5.74, 6) is 0.798. The standard InChI is InChI=1S/C20H20ClN5/c1-12-23-24-20-19(22)18(14-6-4-13(5-7-14)11-25(2)3)16-10-15(21)8-9-17(16)26(12)20/h4-10H,11,22H2,1-3H3. The van der Waals surface area contributed by atoms with Gasteiger partial charge in [0.05, 0.1) is 11.2 Å². The molecular weight excluding hydrogens is 346 g/mol. The van der Waals surface area contributed by atoms with Gasteiger partial charge < -0.3 is 10.6 Å². The minimum absolute atomic E-state index is 0.612. The Labute approximate surface area is 157 Å². The fourth-order valence-corrected chi connectivity index (χ4v) is 3.61. The van der Waals surface area contributed by atoms with E-state index in [-0.39, 0.29) is 0 Å². The van der Waals surface area contributed by atoms with Gasteiger partial charge in [-0.15, -0.1) is 10.2 Å². The van der Waals surface area contributed by atoms with Crippen LogP contribution in [0.2, 0.25) is 5.02 Å². The van der Waals surface area contributed by atoms with Gasteiger partial charge in [0.1, 0.15) is 5.82 Å². The lowest BCUT2D eigenvalue weighted by Gasteiger charge is -2.15. The molecule has 0 atom stereocenters. The van der Waals surface area contributed by atoms with E-state index in [4.69, 9.17) is 17.3 Å². The van der Waals surface area contributed by atoms with Crippen molar-refractivity contribution in [3.05, 3.63) is 58.9 Å². The SMILES string of the molecule is Cc1nnc2c(N)c(-c3ccc(CN(C)C)cc3)c3cc(Cl)ccc3n12. The molecule has 0 saturated heterocycles. The molecule has 6 heteroatoms. The van der Waals surface area contributed by atoms with Crippen LogP contribution in [-0.2, 0) is 6.54 Å². The number of halogens is 1. The lowest BCUT2D eigenvalue weighted by molar-refractivity contribution is 0.402. The summed E-state index contributed by atoms with van der Waals surface area (Å²) >= 11 is 6.29. The van der Waals surface area contributed by atoms with E-state index in [1.165, 1.54) is 5.56 Å². The Morgan fingerprint density at radius 1 is 1.08 bits per heavy atom. The molecule has 2 N–H and O–H groups in total. The highest BCUT2D eigenvalue weighted by Crippen LogP contribution is 2.38. The van der Waals surface area contributed by atoms with E-state index in [0.29, 0.717) is 16.4 Å². The molecule has 0 aliphatic carbocycles. The normalized spacial score (nSPS) is 11.7. The number of hydrogen-bond acceptors (Lipinski definition) is 4. The summed E-state index contributed by atoms with van der Waals surface area (Å²) in [6.45, 7) is 2.81. The predicted octanol–water partition coefficient (Wildman–Crippen LogP) is 4.16. The number of rotatable bonds is 3. The van der Waals surface area contributed by atoms with E-state index in [9.17, 15) is 0 Å². The van der Waals surface area contributed by atoms with Crippen LogP contribution in [0.4, 0.5) is 5.69 Å². The highest BCUT2D eigenvalue weighted by molar-refractivity contribution is 6.31. The maximum absolute atomic E-state index is 6.52. The van der Waals surface area contributed by atoms with Crippen molar-refractivity contribution < 1.29 is 0 Å². The third kappa shape index (κ3) is 2.69. The molecule has 0 aliphatic rings. The van der Waals surface area contributed by atoms with Crippen molar-refractivity contribution >= 4 is 33.8 Å². The minimum Gasteiger partial charge on any atom is -0.395 e. The van der Waals surface area contributed by atoms with Gasteiger partial charge in [0, 0.05) is 22.5 Å². The van der Waals surface area contributed by atoms with Crippen LogP contribution < -0.4 is 5.73 Å². The van der Waals surface area contributed by atoms with Crippen molar-refractivity contribution in [1.29, 1.82) is 0 Å². The first-order valence-corrected chi connectivity index (χ1v) is 8.80. The van der Waals surface area contributed by atoms with E-state index < -0.39 is 0 Å². The summed E-state index contributed by atoms with van der Waals surface area (Å²) in [5, 5.41) is 10.2. The van der Waals surface area contributed by atoms with Crippen LogP contribution in [0.15, 0.2) is 42.5 Å². The molecule has 0 fully saturated rings. The van der Waals surface area contributed by atoms with Crippen LogP contribution in [0.1, 0.15) is 11.4 Å². The smallest absolute Gasteiger partial charge is 0.185 e. The fourth-order valence-electron chi connectivity index (χ4n) is 3.44. The zero-order valence-electron chi connectivity index (χ0n) is 15.0. The highest BCUT2D eigenvalue weighted by atomic mass is 35.5. The summed E-state index contributed by atoms with van der Waals surface area (Å²) in [6.07, 6.45) is 0. The Kier molecular flexibility index (Phi) is 4.05. The molecule has 0 spiro atoms. The van der Waals surface area contributed by atoms with Crippen molar-refractivity contribution in [3.63, 3.8) is 0 Å². The zero-order valence-corrected chi connectivity index (χ0v) is 15.7. The Morgan fingerprint density at radius 3 is 2.50 bits per heavy atom. The molecule has 0 amide bonds. The highest BCUT2D eigenvalue weighted by Gasteiger charge is 2.17. The first kappa shape index (κ1) is 16.8. The molecule has 4 rings (SSSR count). The number of fused-ring (bicyclic) bond motifs is 3. The van der Waals surface area contributed by atoms with Crippen LogP contribution in [0.5, 0.6) is 0 Å². The number of anilines is 1. The van der Waals surface area contributed by atoms with Gasteiger partial charge in [-0.2, -0.15) is 0 Å². The van der Waals surface area contributed by atoms with Crippen LogP contribution in [0.25, 0.3) is 27.7 Å². The van der Waals surface area contributed by atoms with E-state index in [2.05, 4.69) is 53.5 Å². The zero-order chi connectivity index (χ0) is 18.4. The van der Waals surface area contributed by atoms with Gasteiger partial charge in [0.2, 0.25) is 0 Å². The molecule has 0 saturated carbocycles. The van der Waals surface area contributed by atoms with E-state index in [1.54, 1.807) is 0 Å². The molecule has 0 bridgehead atoms. The molecule has 5 nitrogen and oxygen atoms in total. The van der Waals surface area contributed by atoms with Crippen molar-refractivity contribution in [2.75, 3.05) is 19.8 Å². The molecule has 2 aromatic heterocycles. The number of nitrogen functional groups attached to an aromatic ring is 1. The molecule has 2 aromatic carbocycles. The quantitative estimate of drug-likeness (QED) is 0.592. The Morgan fingerprint density at radius 2 is 1.81 bits per heavy atom. The summed E-state index contributed by atoms with van der Waals surface area (Å²) in [7, 11) is 4.12. The van der Waals surface area contributed by atoms with Gasteiger partial charge in [0.15, 0.2) is 5.65 Å². The van der Waals surface area contributed by atoms with Crippen LogP contribution in [0, 0.1) is 6.92 Å².